The Morgan fingerprint density at radius 3 is 2.31 bits per heavy atom. The predicted octanol–water partition coefficient (Wildman–Crippen LogP) is 3.63. The van der Waals surface area contributed by atoms with E-state index in [4.69, 9.17) is 4.74 Å². The van der Waals surface area contributed by atoms with Crippen LogP contribution in [0.1, 0.15) is 46.0 Å². The first-order valence-corrected chi connectivity index (χ1v) is 5.08. The van der Waals surface area contributed by atoms with Crippen molar-refractivity contribution in [3.8, 4) is 0 Å². The molecule has 0 heterocycles. The number of halogens is 2. The molecular weight excluding hydrogens is 174 g/mol. The van der Waals surface area contributed by atoms with Crippen LogP contribution in [0.15, 0.2) is 0 Å². The molecule has 0 aromatic carbocycles. The van der Waals surface area contributed by atoms with E-state index in [1.807, 2.05) is 0 Å². The lowest BCUT2D eigenvalue weighted by Gasteiger charge is -2.13. The summed E-state index contributed by atoms with van der Waals surface area (Å²) in [6.07, 6.45) is 2.99. The van der Waals surface area contributed by atoms with Crippen LogP contribution >= 0.6 is 0 Å². The van der Waals surface area contributed by atoms with Crippen molar-refractivity contribution < 1.29 is 13.5 Å². The minimum Gasteiger partial charge on any atom is -0.381 e. The number of ether oxygens (including phenoxy) is 1. The molecule has 0 radical (unpaired) electrons. The molecule has 0 saturated heterocycles. The molecule has 0 aromatic rings. The molecule has 0 atom stereocenters. The Kier molecular flexibility index (Phi) is 7.14. The maximum Gasteiger partial charge on any atom is 0.250 e. The summed E-state index contributed by atoms with van der Waals surface area (Å²) < 4.78 is 30.4. The van der Waals surface area contributed by atoms with E-state index >= 15 is 0 Å². The average Bonchev–Trinajstić information content (AvgIpc) is 2.11. The second kappa shape index (κ2) is 7.25. The molecule has 0 amide bonds. The molecule has 3 heteroatoms. The zero-order valence-electron chi connectivity index (χ0n) is 8.61. The Morgan fingerprint density at radius 2 is 1.77 bits per heavy atom. The van der Waals surface area contributed by atoms with E-state index in [1.165, 1.54) is 6.92 Å². The molecule has 0 saturated carbocycles. The van der Waals surface area contributed by atoms with Crippen LogP contribution in [0.25, 0.3) is 0 Å². The largest absolute Gasteiger partial charge is 0.381 e. The maximum absolute atomic E-state index is 12.6. The second-order valence-electron chi connectivity index (χ2n) is 3.28. The standard InChI is InChI=1S/C10H20F2O/c1-3-5-6-8-13-9-7-10(11,12)4-2/h3-9H2,1-2H3. The molecule has 0 aliphatic rings. The fourth-order valence-electron chi connectivity index (χ4n) is 0.954. The molecular formula is C10H20F2O. The molecule has 0 fully saturated rings. The van der Waals surface area contributed by atoms with Gasteiger partial charge in [-0.25, -0.2) is 8.78 Å². The average molecular weight is 194 g/mol. The summed E-state index contributed by atoms with van der Waals surface area (Å²) in [5, 5.41) is 0. The summed E-state index contributed by atoms with van der Waals surface area (Å²) in [5.41, 5.74) is 0. The molecule has 0 aromatic heterocycles. The summed E-state index contributed by atoms with van der Waals surface area (Å²) in [6, 6.07) is 0. The van der Waals surface area contributed by atoms with Crippen LogP contribution in [0.4, 0.5) is 8.78 Å². The van der Waals surface area contributed by atoms with Crippen molar-refractivity contribution in [1.29, 1.82) is 0 Å². The van der Waals surface area contributed by atoms with E-state index in [9.17, 15) is 8.78 Å². The summed E-state index contributed by atoms with van der Waals surface area (Å²) >= 11 is 0. The first-order valence-electron chi connectivity index (χ1n) is 5.08. The van der Waals surface area contributed by atoms with Crippen LogP contribution in [0.5, 0.6) is 0 Å². The Bertz CT molecular complexity index is 115. The van der Waals surface area contributed by atoms with E-state index in [0.29, 0.717) is 6.61 Å². The van der Waals surface area contributed by atoms with Crippen molar-refractivity contribution in [1.82, 2.24) is 0 Å². The fraction of sp³-hybridized carbons (Fsp3) is 1.00. The fourth-order valence-corrected chi connectivity index (χ4v) is 0.954. The van der Waals surface area contributed by atoms with Crippen LogP contribution < -0.4 is 0 Å². The van der Waals surface area contributed by atoms with Gasteiger partial charge in [-0.15, -0.1) is 0 Å². The molecule has 0 unspecified atom stereocenters. The smallest absolute Gasteiger partial charge is 0.250 e. The lowest BCUT2D eigenvalue weighted by molar-refractivity contribution is -0.0362. The van der Waals surface area contributed by atoms with Gasteiger partial charge in [0.15, 0.2) is 0 Å². The Balaban J connectivity index is 3.16. The van der Waals surface area contributed by atoms with Crippen LogP contribution in [-0.4, -0.2) is 19.1 Å². The van der Waals surface area contributed by atoms with Gasteiger partial charge >= 0.3 is 0 Å². The third-order valence-corrected chi connectivity index (χ3v) is 2.02. The quantitative estimate of drug-likeness (QED) is 0.536. The molecule has 0 aliphatic heterocycles. The minimum absolute atomic E-state index is 0.0919. The van der Waals surface area contributed by atoms with Crippen molar-refractivity contribution in [2.45, 2.75) is 51.9 Å². The van der Waals surface area contributed by atoms with Crippen molar-refractivity contribution in [2.24, 2.45) is 0 Å². The molecule has 13 heavy (non-hydrogen) atoms. The van der Waals surface area contributed by atoms with Gasteiger partial charge in [-0.3, -0.25) is 0 Å². The number of alkyl halides is 2. The van der Waals surface area contributed by atoms with Gasteiger partial charge in [0, 0.05) is 19.4 Å². The van der Waals surface area contributed by atoms with Gasteiger partial charge in [-0.05, 0) is 6.42 Å². The maximum atomic E-state index is 12.6. The molecule has 1 nitrogen and oxygen atoms in total. The second-order valence-corrected chi connectivity index (χ2v) is 3.28. The highest BCUT2D eigenvalue weighted by Crippen LogP contribution is 2.21. The summed E-state index contributed by atoms with van der Waals surface area (Å²) in [7, 11) is 0. The highest BCUT2D eigenvalue weighted by atomic mass is 19.3. The number of unbranched alkanes of at least 4 members (excludes halogenated alkanes) is 2. The number of hydrogen-bond donors (Lipinski definition) is 0. The van der Waals surface area contributed by atoms with Crippen LogP contribution in [0.2, 0.25) is 0 Å². The highest BCUT2D eigenvalue weighted by molar-refractivity contribution is 4.62. The van der Waals surface area contributed by atoms with Gasteiger partial charge in [-0.1, -0.05) is 26.7 Å². The normalized spacial score (nSPS) is 12.0. The summed E-state index contributed by atoms with van der Waals surface area (Å²) in [4.78, 5) is 0. The molecule has 0 bridgehead atoms. The van der Waals surface area contributed by atoms with Crippen molar-refractivity contribution in [3.05, 3.63) is 0 Å². The van der Waals surface area contributed by atoms with Crippen LogP contribution in [0.3, 0.4) is 0 Å². The predicted molar refractivity (Wildman–Crippen MR) is 50.2 cm³/mol. The van der Waals surface area contributed by atoms with Gasteiger partial charge in [-0.2, -0.15) is 0 Å². The molecule has 0 N–H and O–H groups in total. The SMILES string of the molecule is CCCCCOCCC(F)(F)CC. The third kappa shape index (κ3) is 8.16. The summed E-state index contributed by atoms with van der Waals surface area (Å²) in [6.45, 7) is 4.40. The van der Waals surface area contributed by atoms with Gasteiger partial charge in [0.05, 0.1) is 6.61 Å². The topological polar surface area (TPSA) is 9.23 Å². The first kappa shape index (κ1) is 12.8. The Hall–Kier alpha value is -0.180. The first-order chi connectivity index (χ1) is 6.12. The van der Waals surface area contributed by atoms with Gasteiger partial charge in [0.1, 0.15) is 0 Å². The van der Waals surface area contributed by atoms with E-state index in [0.717, 1.165) is 19.3 Å². The monoisotopic (exact) mass is 194 g/mol. The highest BCUT2D eigenvalue weighted by Gasteiger charge is 2.25. The lowest BCUT2D eigenvalue weighted by atomic mass is 10.2. The minimum atomic E-state index is -2.54. The van der Waals surface area contributed by atoms with Gasteiger partial charge in [0.2, 0.25) is 5.92 Å². The zero-order chi connectivity index (χ0) is 10.2. The van der Waals surface area contributed by atoms with Crippen molar-refractivity contribution in [3.63, 3.8) is 0 Å². The molecule has 80 valence electrons. The molecule has 0 spiro atoms. The number of hydrogen-bond acceptors (Lipinski definition) is 1. The molecule has 0 rings (SSSR count). The van der Waals surface area contributed by atoms with E-state index < -0.39 is 5.92 Å². The van der Waals surface area contributed by atoms with E-state index in [-0.39, 0.29) is 19.4 Å². The van der Waals surface area contributed by atoms with Crippen molar-refractivity contribution in [2.75, 3.05) is 13.2 Å². The Morgan fingerprint density at radius 1 is 1.08 bits per heavy atom. The van der Waals surface area contributed by atoms with Crippen LogP contribution in [-0.2, 0) is 4.74 Å². The van der Waals surface area contributed by atoms with E-state index in [2.05, 4.69) is 6.92 Å². The zero-order valence-corrected chi connectivity index (χ0v) is 8.61. The van der Waals surface area contributed by atoms with E-state index in [1.54, 1.807) is 0 Å². The summed E-state index contributed by atoms with van der Waals surface area (Å²) in [5.74, 6) is -2.54. The van der Waals surface area contributed by atoms with Crippen LogP contribution in [0, 0.1) is 0 Å². The third-order valence-electron chi connectivity index (χ3n) is 2.02. The lowest BCUT2D eigenvalue weighted by Crippen LogP contribution is -2.17. The van der Waals surface area contributed by atoms with Gasteiger partial charge < -0.3 is 4.74 Å². The number of rotatable bonds is 8. The molecule has 0 aliphatic carbocycles. The van der Waals surface area contributed by atoms with Crippen molar-refractivity contribution >= 4 is 0 Å². The Labute approximate surface area is 79.5 Å². The van der Waals surface area contributed by atoms with Gasteiger partial charge in [0.25, 0.3) is 0 Å².